The Morgan fingerprint density at radius 1 is 1.41 bits per heavy atom. The molecule has 1 amide bonds. The van der Waals surface area contributed by atoms with E-state index < -0.39 is 5.91 Å². The highest BCUT2D eigenvalue weighted by Gasteiger charge is 2.12. The van der Waals surface area contributed by atoms with Gasteiger partial charge in [0.05, 0.1) is 0 Å². The maximum atomic E-state index is 11.7. The van der Waals surface area contributed by atoms with E-state index in [1.54, 1.807) is 26.0 Å². The number of aromatic nitrogens is 3. The minimum absolute atomic E-state index is 0.129. The number of aromatic amines is 1. The summed E-state index contributed by atoms with van der Waals surface area (Å²) in [6.45, 7) is 3.53. The van der Waals surface area contributed by atoms with Crippen LogP contribution >= 0.6 is 0 Å². The Labute approximate surface area is 97.7 Å². The number of rotatable bonds is 2. The molecule has 6 heteroatoms. The number of hydrogen-bond donors (Lipinski definition) is 3. The van der Waals surface area contributed by atoms with Gasteiger partial charge >= 0.3 is 0 Å². The van der Waals surface area contributed by atoms with Gasteiger partial charge in [0.1, 0.15) is 12.1 Å². The second-order valence-corrected chi connectivity index (χ2v) is 3.69. The molecule has 1 heterocycles. The monoisotopic (exact) mass is 232 g/mol. The lowest BCUT2D eigenvalue weighted by atomic mass is 10.1. The van der Waals surface area contributed by atoms with E-state index in [1.165, 1.54) is 6.33 Å². The fourth-order valence-electron chi connectivity index (χ4n) is 1.47. The van der Waals surface area contributed by atoms with Crippen molar-refractivity contribution in [2.24, 2.45) is 0 Å². The normalized spacial score (nSPS) is 10.2. The summed E-state index contributed by atoms with van der Waals surface area (Å²) in [5, 5.41) is 18.5. The van der Waals surface area contributed by atoms with Crippen LogP contribution in [0.5, 0.6) is 5.75 Å². The Morgan fingerprint density at radius 3 is 2.82 bits per heavy atom. The zero-order chi connectivity index (χ0) is 12.4. The molecule has 2 aromatic rings. The van der Waals surface area contributed by atoms with Crippen LogP contribution in [0.4, 0.5) is 5.69 Å². The van der Waals surface area contributed by atoms with Crippen LogP contribution in [0, 0.1) is 13.8 Å². The molecule has 3 N–H and O–H groups in total. The quantitative estimate of drug-likeness (QED) is 0.729. The van der Waals surface area contributed by atoms with Gasteiger partial charge in [0, 0.05) is 11.3 Å². The number of nitrogens with one attached hydrogen (secondary N) is 2. The molecule has 0 fully saturated rings. The zero-order valence-corrected chi connectivity index (χ0v) is 9.48. The van der Waals surface area contributed by atoms with Crippen LogP contribution in [0.2, 0.25) is 0 Å². The molecule has 0 radical (unpaired) electrons. The van der Waals surface area contributed by atoms with E-state index in [0.717, 1.165) is 5.56 Å². The Kier molecular flexibility index (Phi) is 2.78. The SMILES string of the molecule is Cc1ccc(NC(=O)c2ncn[nH]2)c(C)c1O. The maximum absolute atomic E-state index is 11.7. The third kappa shape index (κ3) is 2.10. The summed E-state index contributed by atoms with van der Waals surface area (Å²) in [7, 11) is 0. The summed E-state index contributed by atoms with van der Waals surface area (Å²) in [6.07, 6.45) is 1.26. The number of carbonyl (C=O) groups excluding carboxylic acids is 1. The average Bonchev–Trinajstić information content (AvgIpc) is 2.83. The summed E-state index contributed by atoms with van der Waals surface area (Å²) in [6, 6.07) is 3.47. The molecule has 0 saturated heterocycles. The van der Waals surface area contributed by atoms with Crippen LogP contribution in [0.15, 0.2) is 18.5 Å². The molecule has 0 bridgehead atoms. The Balaban J connectivity index is 2.25. The van der Waals surface area contributed by atoms with Gasteiger partial charge in [-0.05, 0) is 25.5 Å². The summed E-state index contributed by atoms with van der Waals surface area (Å²) < 4.78 is 0. The van der Waals surface area contributed by atoms with Crippen molar-refractivity contribution in [1.29, 1.82) is 0 Å². The standard InChI is InChI=1S/C11H12N4O2/c1-6-3-4-8(7(2)9(6)16)14-11(17)10-12-5-13-15-10/h3-5,16H,1-2H3,(H,14,17)(H,12,13,15). The van der Waals surface area contributed by atoms with Gasteiger partial charge in [-0.25, -0.2) is 4.98 Å². The van der Waals surface area contributed by atoms with Crippen LogP contribution in [0.3, 0.4) is 0 Å². The van der Waals surface area contributed by atoms with Crippen LogP contribution in [0.1, 0.15) is 21.7 Å². The fraction of sp³-hybridized carbons (Fsp3) is 0.182. The van der Waals surface area contributed by atoms with Gasteiger partial charge in [0.25, 0.3) is 5.91 Å². The van der Waals surface area contributed by atoms with E-state index in [4.69, 9.17) is 0 Å². The summed E-state index contributed by atoms with van der Waals surface area (Å²) >= 11 is 0. The number of amides is 1. The Hall–Kier alpha value is -2.37. The molecular weight excluding hydrogens is 220 g/mol. The highest BCUT2D eigenvalue weighted by atomic mass is 16.3. The number of hydrogen-bond acceptors (Lipinski definition) is 4. The van der Waals surface area contributed by atoms with Gasteiger partial charge in [-0.15, -0.1) is 0 Å². The zero-order valence-electron chi connectivity index (χ0n) is 9.48. The first-order valence-electron chi connectivity index (χ1n) is 5.05. The van der Waals surface area contributed by atoms with Gasteiger partial charge in [0.15, 0.2) is 0 Å². The van der Waals surface area contributed by atoms with Gasteiger partial charge < -0.3 is 10.4 Å². The first kappa shape index (κ1) is 11.1. The number of H-pyrrole nitrogens is 1. The van der Waals surface area contributed by atoms with Crippen LogP contribution in [-0.2, 0) is 0 Å². The predicted octanol–water partition coefficient (Wildman–Crippen LogP) is 1.38. The Morgan fingerprint density at radius 2 is 2.18 bits per heavy atom. The molecular formula is C11H12N4O2. The molecule has 0 aliphatic heterocycles. The molecule has 0 aliphatic carbocycles. The van der Waals surface area contributed by atoms with Crippen molar-refractivity contribution in [2.75, 3.05) is 5.32 Å². The average molecular weight is 232 g/mol. The van der Waals surface area contributed by atoms with Crippen molar-refractivity contribution < 1.29 is 9.90 Å². The van der Waals surface area contributed by atoms with E-state index in [0.29, 0.717) is 11.3 Å². The van der Waals surface area contributed by atoms with Crippen molar-refractivity contribution in [1.82, 2.24) is 15.2 Å². The third-order valence-electron chi connectivity index (χ3n) is 2.51. The van der Waals surface area contributed by atoms with E-state index >= 15 is 0 Å². The smallest absolute Gasteiger partial charge is 0.292 e. The van der Waals surface area contributed by atoms with E-state index in [9.17, 15) is 9.90 Å². The predicted molar refractivity (Wildman–Crippen MR) is 61.9 cm³/mol. The molecule has 0 saturated carbocycles. The Bertz CT molecular complexity index is 549. The minimum atomic E-state index is -0.395. The van der Waals surface area contributed by atoms with E-state index in [1.807, 2.05) is 0 Å². The van der Waals surface area contributed by atoms with Crippen molar-refractivity contribution in [2.45, 2.75) is 13.8 Å². The lowest BCUT2D eigenvalue weighted by Crippen LogP contribution is -2.14. The first-order valence-corrected chi connectivity index (χ1v) is 5.05. The van der Waals surface area contributed by atoms with Gasteiger partial charge in [-0.1, -0.05) is 6.07 Å². The van der Waals surface area contributed by atoms with Gasteiger partial charge in [-0.2, -0.15) is 5.10 Å². The van der Waals surface area contributed by atoms with Gasteiger partial charge in [0.2, 0.25) is 5.82 Å². The van der Waals surface area contributed by atoms with Crippen LogP contribution in [-0.4, -0.2) is 26.2 Å². The van der Waals surface area contributed by atoms with Crippen molar-refractivity contribution in [3.63, 3.8) is 0 Å². The summed E-state index contributed by atoms with van der Waals surface area (Å²) in [5.41, 5.74) is 1.94. The van der Waals surface area contributed by atoms with Crippen molar-refractivity contribution in [3.05, 3.63) is 35.4 Å². The number of phenols is 1. The van der Waals surface area contributed by atoms with Crippen molar-refractivity contribution >= 4 is 11.6 Å². The number of aromatic hydroxyl groups is 1. The molecule has 88 valence electrons. The van der Waals surface area contributed by atoms with E-state index in [2.05, 4.69) is 20.5 Å². The molecule has 0 aliphatic rings. The second kappa shape index (κ2) is 4.25. The fourth-order valence-corrected chi connectivity index (χ4v) is 1.47. The highest BCUT2D eigenvalue weighted by Crippen LogP contribution is 2.28. The molecule has 0 unspecified atom stereocenters. The third-order valence-corrected chi connectivity index (χ3v) is 2.51. The van der Waals surface area contributed by atoms with E-state index in [-0.39, 0.29) is 11.6 Å². The first-order chi connectivity index (χ1) is 8.09. The number of aryl methyl sites for hydroxylation is 1. The maximum Gasteiger partial charge on any atom is 0.292 e. The molecule has 1 aromatic heterocycles. The number of benzene rings is 1. The number of nitrogens with zero attached hydrogens (tertiary/aromatic N) is 2. The molecule has 1 aromatic carbocycles. The number of carbonyl (C=O) groups is 1. The number of phenolic OH excluding ortho intramolecular Hbond substituents is 1. The summed E-state index contributed by atoms with van der Waals surface area (Å²) in [4.78, 5) is 15.4. The number of anilines is 1. The van der Waals surface area contributed by atoms with Crippen LogP contribution in [0.25, 0.3) is 0 Å². The topological polar surface area (TPSA) is 90.9 Å². The van der Waals surface area contributed by atoms with Crippen molar-refractivity contribution in [3.8, 4) is 5.75 Å². The largest absolute Gasteiger partial charge is 0.507 e. The molecule has 0 atom stereocenters. The minimum Gasteiger partial charge on any atom is -0.507 e. The lowest BCUT2D eigenvalue weighted by Gasteiger charge is -2.10. The molecule has 17 heavy (non-hydrogen) atoms. The molecule has 2 rings (SSSR count). The molecule has 6 nitrogen and oxygen atoms in total. The molecule has 0 spiro atoms. The van der Waals surface area contributed by atoms with Gasteiger partial charge in [-0.3, -0.25) is 9.89 Å². The summed E-state index contributed by atoms with van der Waals surface area (Å²) in [5.74, 6) is -0.0845. The second-order valence-electron chi connectivity index (χ2n) is 3.69. The lowest BCUT2D eigenvalue weighted by molar-refractivity contribution is 0.101. The van der Waals surface area contributed by atoms with Crippen LogP contribution < -0.4 is 5.32 Å². The highest BCUT2D eigenvalue weighted by molar-refractivity contribution is 6.02.